The molecule has 0 radical (unpaired) electrons. The minimum Gasteiger partial charge on any atom is -0.357 e. The van der Waals surface area contributed by atoms with Gasteiger partial charge >= 0.3 is 6.18 Å². The smallest absolute Gasteiger partial charge is 0.357 e. The second-order valence-corrected chi connectivity index (χ2v) is 5.86. The quantitative estimate of drug-likeness (QED) is 0.924. The van der Waals surface area contributed by atoms with Crippen LogP contribution in [0.3, 0.4) is 0 Å². The van der Waals surface area contributed by atoms with E-state index in [4.69, 9.17) is 0 Å². The third-order valence-corrected chi connectivity index (χ3v) is 3.81. The molecule has 21 heavy (non-hydrogen) atoms. The van der Waals surface area contributed by atoms with E-state index in [9.17, 15) is 13.2 Å². The van der Waals surface area contributed by atoms with Crippen molar-refractivity contribution in [3.05, 3.63) is 23.9 Å². The first-order valence-electron chi connectivity index (χ1n) is 7.36. The first kappa shape index (κ1) is 16.1. The molecule has 118 valence electrons. The Bertz CT molecular complexity index is 452. The van der Waals surface area contributed by atoms with Crippen LogP contribution in [0.25, 0.3) is 0 Å². The lowest BCUT2D eigenvalue weighted by atomic mass is 9.96. The molecule has 0 amide bonds. The summed E-state index contributed by atoms with van der Waals surface area (Å²) >= 11 is 0. The molecule has 1 fully saturated rings. The molecular weight excluding hydrogens is 279 g/mol. The van der Waals surface area contributed by atoms with Crippen molar-refractivity contribution in [3.63, 3.8) is 0 Å². The van der Waals surface area contributed by atoms with E-state index in [0.29, 0.717) is 19.1 Å². The lowest BCUT2D eigenvalue weighted by Gasteiger charge is -2.33. The van der Waals surface area contributed by atoms with Crippen LogP contribution in [-0.4, -0.2) is 30.3 Å². The maximum atomic E-state index is 12.7. The van der Waals surface area contributed by atoms with Crippen molar-refractivity contribution in [2.45, 2.75) is 45.5 Å². The highest BCUT2D eigenvalue weighted by atomic mass is 19.4. The summed E-state index contributed by atoms with van der Waals surface area (Å²) in [5.41, 5.74) is 1.10. The van der Waals surface area contributed by atoms with Gasteiger partial charge in [-0.1, -0.05) is 13.8 Å². The van der Waals surface area contributed by atoms with Gasteiger partial charge in [0.2, 0.25) is 0 Å². The molecule has 3 nitrogen and oxygen atoms in total. The Hall–Kier alpha value is -1.30. The molecule has 1 saturated heterocycles. The number of nitrogens with zero attached hydrogens (tertiary/aromatic N) is 2. The lowest BCUT2D eigenvalue weighted by molar-refractivity contribution is -0.179. The number of piperidine rings is 1. The average molecular weight is 301 g/mol. The highest BCUT2D eigenvalue weighted by Crippen LogP contribution is 2.35. The Morgan fingerprint density at radius 1 is 1.33 bits per heavy atom. The van der Waals surface area contributed by atoms with Gasteiger partial charge in [-0.2, -0.15) is 13.2 Å². The molecule has 2 heterocycles. The summed E-state index contributed by atoms with van der Waals surface area (Å²) in [7, 11) is 0. The molecule has 0 bridgehead atoms. The second-order valence-electron chi connectivity index (χ2n) is 5.86. The molecule has 0 aromatic carbocycles. The number of alkyl halides is 3. The fourth-order valence-electron chi connectivity index (χ4n) is 2.50. The number of nitrogens with one attached hydrogen (secondary N) is 1. The molecule has 0 aliphatic carbocycles. The fourth-order valence-corrected chi connectivity index (χ4v) is 2.50. The van der Waals surface area contributed by atoms with Crippen LogP contribution >= 0.6 is 0 Å². The molecule has 6 heteroatoms. The Morgan fingerprint density at radius 3 is 2.57 bits per heavy atom. The Kier molecular flexibility index (Phi) is 5.08. The predicted molar refractivity (Wildman–Crippen MR) is 77.2 cm³/mol. The number of pyridine rings is 1. The molecular formula is C15H22F3N3. The standard InChI is InChI=1S/C15H22F3N3/c1-11(2)20-10-12-3-6-19-14(9-12)21-7-4-13(5-8-21)15(16,17)18/h3,6,9,11,13,20H,4-5,7-8,10H2,1-2H3. The number of rotatable bonds is 4. The summed E-state index contributed by atoms with van der Waals surface area (Å²) in [4.78, 5) is 6.24. The molecule has 0 atom stereocenters. The molecule has 1 N–H and O–H groups in total. The van der Waals surface area contributed by atoms with Crippen molar-refractivity contribution in [1.82, 2.24) is 10.3 Å². The summed E-state index contributed by atoms with van der Waals surface area (Å²) in [6.45, 7) is 5.72. The number of anilines is 1. The van der Waals surface area contributed by atoms with Gasteiger partial charge in [-0.05, 0) is 30.5 Å². The van der Waals surface area contributed by atoms with Crippen molar-refractivity contribution in [2.75, 3.05) is 18.0 Å². The van der Waals surface area contributed by atoms with Crippen LogP contribution in [0.15, 0.2) is 18.3 Å². The largest absolute Gasteiger partial charge is 0.391 e. The van der Waals surface area contributed by atoms with E-state index >= 15 is 0 Å². The van der Waals surface area contributed by atoms with E-state index in [0.717, 1.165) is 17.9 Å². The van der Waals surface area contributed by atoms with Crippen molar-refractivity contribution in [1.29, 1.82) is 0 Å². The first-order valence-corrected chi connectivity index (χ1v) is 7.36. The van der Waals surface area contributed by atoms with Crippen LogP contribution in [0.5, 0.6) is 0 Å². The zero-order valence-corrected chi connectivity index (χ0v) is 12.5. The monoisotopic (exact) mass is 301 g/mol. The van der Waals surface area contributed by atoms with Gasteiger partial charge in [-0.15, -0.1) is 0 Å². The number of hydrogen-bond donors (Lipinski definition) is 1. The third-order valence-electron chi connectivity index (χ3n) is 3.81. The SMILES string of the molecule is CC(C)NCc1ccnc(N2CCC(C(F)(F)F)CC2)c1. The van der Waals surface area contributed by atoms with Crippen LogP contribution in [0.4, 0.5) is 19.0 Å². The number of halogens is 3. The van der Waals surface area contributed by atoms with E-state index in [1.54, 1.807) is 6.20 Å². The van der Waals surface area contributed by atoms with Crippen LogP contribution < -0.4 is 10.2 Å². The maximum Gasteiger partial charge on any atom is 0.391 e. The Morgan fingerprint density at radius 2 is 2.00 bits per heavy atom. The minimum atomic E-state index is -4.07. The summed E-state index contributed by atoms with van der Waals surface area (Å²) < 4.78 is 38.0. The van der Waals surface area contributed by atoms with E-state index in [1.165, 1.54) is 0 Å². The van der Waals surface area contributed by atoms with E-state index < -0.39 is 12.1 Å². The minimum absolute atomic E-state index is 0.152. The van der Waals surface area contributed by atoms with Gasteiger partial charge in [0.15, 0.2) is 0 Å². The molecule has 0 saturated carbocycles. The number of hydrogen-bond acceptors (Lipinski definition) is 3. The highest BCUT2D eigenvalue weighted by molar-refractivity contribution is 5.41. The Labute approximate surface area is 123 Å². The van der Waals surface area contributed by atoms with Crippen molar-refractivity contribution in [2.24, 2.45) is 5.92 Å². The molecule has 0 spiro atoms. The molecule has 1 aromatic heterocycles. The second kappa shape index (κ2) is 6.64. The van der Waals surface area contributed by atoms with Gasteiger partial charge in [0.25, 0.3) is 0 Å². The van der Waals surface area contributed by atoms with Crippen LogP contribution in [0.2, 0.25) is 0 Å². The van der Waals surface area contributed by atoms with Crippen molar-refractivity contribution in [3.8, 4) is 0 Å². The summed E-state index contributed by atoms with van der Waals surface area (Å²) in [6, 6.07) is 4.29. The van der Waals surface area contributed by atoms with E-state index in [-0.39, 0.29) is 12.8 Å². The van der Waals surface area contributed by atoms with Gasteiger partial charge in [-0.3, -0.25) is 0 Å². The molecule has 1 aromatic rings. The van der Waals surface area contributed by atoms with Gasteiger partial charge < -0.3 is 10.2 Å². The average Bonchev–Trinajstić information content (AvgIpc) is 2.45. The first-order chi connectivity index (χ1) is 9.86. The highest BCUT2D eigenvalue weighted by Gasteiger charge is 2.41. The molecule has 2 rings (SSSR count). The number of aromatic nitrogens is 1. The van der Waals surface area contributed by atoms with Gasteiger partial charge in [0.05, 0.1) is 5.92 Å². The molecule has 1 aliphatic heterocycles. The third kappa shape index (κ3) is 4.59. The van der Waals surface area contributed by atoms with Gasteiger partial charge in [0.1, 0.15) is 5.82 Å². The van der Waals surface area contributed by atoms with E-state index in [1.807, 2.05) is 17.0 Å². The topological polar surface area (TPSA) is 28.2 Å². The normalized spacial score (nSPS) is 17.5. The maximum absolute atomic E-state index is 12.7. The molecule has 1 aliphatic rings. The van der Waals surface area contributed by atoms with Crippen LogP contribution in [0.1, 0.15) is 32.3 Å². The van der Waals surface area contributed by atoms with Crippen LogP contribution in [0, 0.1) is 5.92 Å². The molecule has 0 unspecified atom stereocenters. The van der Waals surface area contributed by atoms with Gasteiger partial charge in [0, 0.05) is 31.9 Å². The van der Waals surface area contributed by atoms with Gasteiger partial charge in [-0.25, -0.2) is 4.98 Å². The fraction of sp³-hybridized carbons (Fsp3) is 0.667. The Balaban J connectivity index is 1.95. The van der Waals surface area contributed by atoms with Crippen LogP contribution in [-0.2, 0) is 6.54 Å². The predicted octanol–water partition coefficient (Wildman–Crippen LogP) is 3.36. The lowest BCUT2D eigenvalue weighted by Crippen LogP contribution is -2.39. The summed E-state index contributed by atoms with van der Waals surface area (Å²) in [5.74, 6) is -0.391. The zero-order valence-electron chi connectivity index (χ0n) is 12.5. The van der Waals surface area contributed by atoms with E-state index in [2.05, 4.69) is 24.1 Å². The summed E-state index contributed by atoms with van der Waals surface area (Å²) in [5, 5.41) is 3.32. The van der Waals surface area contributed by atoms with Crippen molar-refractivity contribution >= 4 is 5.82 Å². The van der Waals surface area contributed by atoms with Crippen molar-refractivity contribution < 1.29 is 13.2 Å². The zero-order chi connectivity index (χ0) is 15.5. The summed E-state index contributed by atoms with van der Waals surface area (Å²) in [6.07, 6.45) is -2.04.